The van der Waals surface area contributed by atoms with Crippen molar-refractivity contribution in [3.8, 4) is 5.75 Å². The SMILES string of the molecule is COc1cc(F)c(C2CNC(=O)C2NC(=O)Nc2cccnc2)c(F)c1. The maximum absolute atomic E-state index is 14.3. The smallest absolute Gasteiger partial charge is 0.319 e. The molecule has 2 unspecified atom stereocenters. The molecule has 1 aliphatic rings. The lowest BCUT2D eigenvalue weighted by Crippen LogP contribution is -2.45. The zero-order valence-electron chi connectivity index (χ0n) is 13.8. The number of nitrogens with zero attached hydrogens (tertiary/aromatic N) is 1. The zero-order chi connectivity index (χ0) is 18.7. The van der Waals surface area contributed by atoms with Crippen molar-refractivity contribution in [1.29, 1.82) is 0 Å². The van der Waals surface area contributed by atoms with E-state index in [-0.39, 0.29) is 17.9 Å². The molecule has 1 aliphatic heterocycles. The van der Waals surface area contributed by atoms with Crippen LogP contribution in [0.4, 0.5) is 19.3 Å². The topological polar surface area (TPSA) is 92.4 Å². The average Bonchev–Trinajstić information content (AvgIpc) is 2.95. The summed E-state index contributed by atoms with van der Waals surface area (Å²) < 4.78 is 33.5. The van der Waals surface area contributed by atoms with E-state index in [4.69, 9.17) is 4.74 Å². The minimum atomic E-state index is -1.12. The Hall–Kier alpha value is -3.23. The Morgan fingerprint density at radius 1 is 1.35 bits per heavy atom. The van der Waals surface area contributed by atoms with Gasteiger partial charge in [0.15, 0.2) is 0 Å². The van der Waals surface area contributed by atoms with Gasteiger partial charge in [0.25, 0.3) is 0 Å². The van der Waals surface area contributed by atoms with Crippen molar-refractivity contribution in [2.24, 2.45) is 0 Å². The number of rotatable bonds is 4. The molecule has 136 valence electrons. The molecule has 1 fully saturated rings. The summed E-state index contributed by atoms with van der Waals surface area (Å²) in [4.78, 5) is 28.0. The number of hydrogen-bond donors (Lipinski definition) is 3. The molecular formula is C17H16F2N4O3. The zero-order valence-corrected chi connectivity index (χ0v) is 13.8. The third-order valence-corrected chi connectivity index (χ3v) is 4.05. The number of halogens is 2. The van der Waals surface area contributed by atoms with Crippen LogP contribution in [0, 0.1) is 11.6 Å². The van der Waals surface area contributed by atoms with E-state index < -0.39 is 35.5 Å². The molecule has 3 N–H and O–H groups in total. The summed E-state index contributed by atoms with van der Waals surface area (Å²) in [6.07, 6.45) is 2.97. The fourth-order valence-corrected chi connectivity index (χ4v) is 2.83. The van der Waals surface area contributed by atoms with Gasteiger partial charge in [0.2, 0.25) is 5.91 Å². The quantitative estimate of drug-likeness (QED) is 0.773. The molecule has 0 radical (unpaired) electrons. The fourth-order valence-electron chi connectivity index (χ4n) is 2.83. The molecule has 7 nitrogen and oxygen atoms in total. The number of aromatic nitrogens is 1. The second-order valence-corrected chi connectivity index (χ2v) is 5.67. The van der Waals surface area contributed by atoms with Crippen molar-refractivity contribution < 1.29 is 23.1 Å². The first-order chi connectivity index (χ1) is 12.5. The number of carbonyl (C=O) groups is 2. The van der Waals surface area contributed by atoms with E-state index in [2.05, 4.69) is 20.9 Å². The molecule has 9 heteroatoms. The molecule has 0 bridgehead atoms. The molecule has 3 amide bonds. The van der Waals surface area contributed by atoms with Crippen LogP contribution in [0.3, 0.4) is 0 Å². The Labute approximate surface area is 147 Å². The summed E-state index contributed by atoms with van der Waals surface area (Å²) in [6, 6.07) is 3.51. The molecular weight excluding hydrogens is 346 g/mol. The van der Waals surface area contributed by atoms with Crippen LogP contribution in [-0.4, -0.2) is 36.6 Å². The number of hydrogen-bond acceptors (Lipinski definition) is 4. The highest BCUT2D eigenvalue weighted by atomic mass is 19.1. The fraction of sp³-hybridized carbons (Fsp3) is 0.235. The van der Waals surface area contributed by atoms with Crippen molar-refractivity contribution in [3.05, 3.63) is 53.9 Å². The van der Waals surface area contributed by atoms with Crippen molar-refractivity contribution in [2.75, 3.05) is 19.0 Å². The van der Waals surface area contributed by atoms with Gasteiger partial charge >= 0.3 is 6.03 Å². The van der Waals surface area contributed by atoms with Crippen LogP contribution < -0.4 is 20.7 Å². The monoisotopic (exact) mass is 362 g/mol. The van der Waals surface area contributed by atoms with Gasteiger partial charge in [0.05, 0.1) is 19.0 Å². The van der Waals surface area contributed by atoms with Crippen LogP contribution in [0.1, 0.15) is 11.5 Å². The Bertz CT molecular complexity index is 809. The van der Waals surface area contributed by atoms with Gasteiger partial charge in [-0.2, -0.15) is 0 Å². The van der Waals surface area contributed by atoms with E-state index in [0.29, 0.717) is 5.69 Å². The van der Waals surface area contributed by atoms with Gasteiger partial charge in [-0.3, -0.25) is 9.78 Å². The third kappa shape index (κ3) is 3.56. The van der Waals surface area contributed by atoms with E-state index in [1.54, 1.807) is 18.3 Å². The number of carbonyl (C=O) groups excluding carboxylic acids is 2. The van der Waals surface area contributed by atoms with Crippen LogP contribution in [-0.2, 0) is 4.79 Å². The normalized spacial score (nSPS) is 19.0. The second-order valence-electron chi connectivity index (χ2n) is 5.67. The van der Waals surface area contributed by atoms with E-state index in [0.717, 1.165) is 12.1 Å². The van der Waals surface area contributed by atoms with Gasteiger partial charge in [0, 0.05) is 36.4 Å². The summed E-state index contributed by atoms with van der Waals surface area (Å²) in [5, 5.41) is 7.48. The predicted octanol–water partition coefficient (Wildman–Crippen LogP) is 1.77. The lowest BCUT2D eigenvalue weighted by Gasteiger charge is -2.20. The Balaban J connectivity index is 1.80. The number of amides is 3. The molecule has 1 saturated heterocycles. The molecule has 1 aromatic carbocycles. The largest absolute Gasteiger partial charge is 0.497 e. The molecule has 1 aromatic heterocycles. The van der Waals surface area contributed by atoms with Gasteiger partial charge in [-0.1, -0.05) is 0 Å². The first kappa shape index (κ1) is 17.6. The number of ether oxygens (including phenoxy) is 1. The Kier molecular flexibility index (Phi) is 4.97. The minimum Gasteiger partial charge on any atom is -0.497 e. The molecule has 2 heterocycles. The van der Waals surface area contributed by atoms with Crippen molar-refractivity contribution in [3.63, 3.8) is 0 Å². The van der Waals surface area contributed by atoms with Gasteiger partial charge in [-0.05, 0) is 12.1 Å². The first-order valence-corrected chi connectivity index (χ1v) is 7.77. The molecule has 0 spiro atoms. The van der Waals surface area contributed by atoms with E-state index >= 15 is 0 Å². The van der Waals surface area contributed by atoms with E-state index in [1.165, 1.54) is 13.3 Å². The number of urea groups is 1. The second kappa shape index (κ2) is 7.34. The highest BCUT2D eigenvalue weighted by Crippen LogP contribution is 2.31. The summed E-state index contributed by atoms with van der Waals surface area (Å²) in [5.41, 5.74) is 0.137. The number of anilines is 1. The maximum Gasteiger partial charge on any atom is 0.319 e. The van der Waals surface area contributed by atoms with Crippen LogP contribution >= 0.6 is 0 Å². The van der Waals surface area contributed by atoms with Crippen molar-refractivity contribution in [1.82, 2.24) is 15.6 Å². The van der Waals surface area contributed by atoms with Gasteiger partial charge in [-0.15, -0.1) is 0 Å². The number of nitrogens with one attached hydrogen (secondary N) is 3. The summed E-state index contributed by atoms with van der Waals surface area (Å²) in [6.45, 7) is -0.00313. The summed E-state index contributed by atoms with van der Waals surface area (Å²) in [7, 11) is 1.29. The highest BCUT2D eigenvalue weighted by Gasteiger charge is 2.40. The lowest BCUT2D eigenvalue weighted by molar-refractivity contribution is -0.120. The standard InChI is InChI=1S/C17H16F2N4O3/c1-26-10-5-12(18)14(13(19)6-10)11-8-21-16(24)15(11)23-17(25)22-9-3-2-4-20-7-9/h2-7,11,15H,8H2,1H3,(H,21,24)(H2,22,23,25). The number of benzene rings is 1. The molecule has 0 aliphatic carbocycles. The maximum atomic E-state index is 14.3. The number of methoxy groups -OCH3 is 1. The van der Waals surface area contributed by atoms with E-state index in [9.17, 15) is 18.4 Å². The summed E-state index contributed by atoms with van der Waals surface area (Å²) in [5.74, 6) is -3.08. The molecule has 2 atom stereocenters. The molecule has 3 rings (SSSR count). The van der Waals surface area contributed by atoms with Crippen LogP contribution in [0.5, 0.6) is 5.75 Å². The molecule has 0 saturated carbocycles. The molecule has 26 heavy (non-hydrogen) atoms. The third-order valence-electron chi connectivity index (χ3n) is 4.05. The van der Waals surface area contributed by atoms with Gasteiger partial charge in [-0.25, -0.2) is 13.6 Å². The minimum absolute atomic E-state index is 0.00313. The van der Waals surface area contributed by atoms with Crippen LogP contribution in [0.15, 0.2) is 36.7 Å². The number of pyridine rings is 1. The highest BCUT2D eigenvalue weighted by molar-refractivity contribution is 5.95. The lowest BCUT2D eigenvalue weighted by atomic mass is 9.93. The predicted molar refractivity (Wildman–Crippen MR) is 88.8 cm³/mol. The van der Waals surface area contributed by atoms with Crippen molar-refractivity contribution >= 4 is 17.6 Å². The van der Waals surface area contributed by atoms with Gasteiger partial charge < -0.3 is 20.7 Å². The molecule has 2 aromatic rings. The van der Waals surface area contributed by atoms with Crippen LogP contribution in [0.25, 0.3) is 0 Å². The van der Waals surface area contributed by atoms with Crippen molar-refractivity contribution in [2.45, 2.75) is 12.0 Å². The Morgan fingerprint density at radius 3 is 2.69 bits per heavy atom. The first-order valence-electron chi connectivity index (χ1n) is 7.77. The average molecular weight is 362 g/mol. The van der Waals surface area contributed by atoms with Crippen LogP contribution in [0.2, 0.25) is 0 Å². The summed E-state index contributed by atoms with van der Waals surface area (Å²) >= 11 is 0. The Morgan fingerprint density at radius 2 is 2.08 bits per heavy atom. The van der Waals surface area contributed by atoms with Gasteiger partial charge in [0.1, 0.15) is 23.4 Å². The van der Waals surface area contributed by atoms with E-state index in [1.807, 2.05) is 0 Å².